The molecule has 1 aliphatic rings. The molecule has 4 aromatic rings. The van der Waals surface area contributed by atoms with Crippen molar-refractivity contribution in [1.29, 1.82) is 0 Å². The number of carbonyl (C=O) groups excluding carboxylic acids is 1. The van der Waals surface area contributed by atoms with E-state index in [-0.39, 0.29) is 11.3 Å². The number of aromatic nitrogens is 2. The Morgan fingerprint density at radius 1 is 1.07 bits per heavy atom. The van der Waals surface area contributed by atoms with Gasteiger partial charge in [0.2, 0.25) is 5.91 Å². The highest BCUT2D eigenvalue weighted by atomic mass is 35.5. The summed E-state index contributed by atoms with van der Waals surface area (Å²) in [5.74, 6) is 0.747. The highest BCUT2D eigenvalue weighted by Gasteiger charge is 2.44. The average Bonchev–Trinajstić information content (AvgIpc) is 3.15. The van der Waals surface area contributed by atoms with Crippen molar-refractivity contribution in [2.24, 2.45) is 5.41 Å². The number of ether oxygens (including phenoxy) is 1. The summed E-state index contributed by atoms with van der Waals surface area (Å²) in [7, 11) is 0. The minimum absolute atomic E-state index is 0.122. The fourth-order valence-corrected chi connectivity index (χ4v) is 3.80. The van der Waals surface area contributed by atoms with E-state index in [0.29, 0.717) is 23.9 Å². The SMILES string of the molecule is CC1(C(=O)NCc2cc3cc(Cl)c(OCc4cc5ccccc5[nH]4)cc3[nH]2)CC1. The molecule has 1 amide bonds. The van der Waals surface area contributed by atoms with Crippen LogP contribution in [0.3, 0.4) is 0 Å². The molecule has 0 unspecified atom stereocenters. The van der Waals surface area contributed by atoms with Gasteiger partial charge in [-0.25, -0.2) is 0 Å². The molecule has 0 radical (unpaired) electrons. The lowest BCUT2D eigenvalue weighted by Gasteiger charge is -2.08. The Hall–Kier alpha value is -2.92. The van der Waals surface area contributed by atoms with E-state index in [4.69, 9.17) is 16.3 Å². The minimum Gasteiger partial charge on any atom is -0.486 e. The summed E-state index contributed by atoms with van der Waals surface area (Å²) in [5.41, 5.74) is 3.79. The summed E-state index contributed by atoms with van der Waals surface area (Å²) >= 11 is 6.43. The molecule has 0 aliphatic heterocycles. The number of nitrogens with one attached hydrogen (secondary N) is 3. The number of H-pyrrole nitrogens is 2. The molecular weight excluding hydrogens is 386 g/mol. The topological polar surface area (TPSA) is 69.9 Å². The number of para-hydroxylation sites is 1. The Balaban J connectivity index is 1.30. The van der Waals surface area contributed by atoms with Gasteiger partial charge in [-0.15, -0.1) is 0 Å². The number of halogens is 1. The monoisotopic (exact) mass is 407 g/mol. The van der Waals surface area contributed by atoms with Crippen LogP contribution in [-0.4, -0.2) is 15.9 Å². The molecule has 148 valence electrons. The van der Waals surface area contributed by atoms with Crippen molar-refractivity contribution in [3.63, 3.8) is 0 Å². The van der Waals surface area contributed by atoms with Crippen LogP contribution in [0.25, 0.3) is 21.8 Å². The maximum absolute atomic E-state index is 12.1. The van der Waals surface area contributed by atoms with Crippen LogP contribution in [0.15, 0.2) is 48.5 Å². The summed E-state index contributed by atoms with van der Waals surface area (Å²) < 4.78 is 5.97. The molecular formula is C23H22ClN3O2. The number of hydrogen-bond donors (Lipinski definition) is 3. The molecule has 1 fully saturated rings. The van der Waals surface area contributed by atoms with E-state index in [9.17, 15) is 4.79 Å². The molecule has 1 aliphatic carbocycles. The highest BCUT2D eigenvalue weighted by Crippen LogP contribution is 2.45. The van der Waals surface area contributed by atoms with Gasteiger partial charge in [-0.05, 0) is 42.5 Å². The van der Waals surface area contributed by atoms with Crippen LogP contribution in [0.1, 0.15) is 31.2 Å². The largest absolute Gasteiger partial charge is 0.486 e. The number of carbonyl (C=O) groups is 1. The number of rotatable bonds is 6. The summed E-state index contributed by atoms with van der Waals surface area (Å²) in [5, 5.41) is 5.73. The van der Waals surface area contributed by atoms with Crippen LogP contribution in [0.5, 0.6) is 5.75 Å². The van der Waals surface area contributed by atoms with Crippen LogP contribution in [0, 0.1) is 5.41 Å². The molecule has 3 N–H and O–H groups in total. The van der Waals surface area contributed by atoms with E-state index < -0.39 is 0 Å². The molecule has 0 spiro atoms. The summed E-state index contributed by atoms with van der Waals surface area (Å²) in [6.45, 7) is 2.89. The summed E-state index contributed by atoms with van der Waals surface area (Å²) in [6, 6.07) is 16.0. The zero-order valence-corrected chi connectivity index (χ0v) is 16.9. The first-order chi connectivity index (χ1) is 14.0. The molecule has 0 atom stereocenters. The van der Waals surface area contributed by atoms with Gasteiger partial charge < -0.3 is 20.0 Å². The quantitative estimate of drug-likeness (QED) is 0.406. The van der Waals surface area contributed by atoms with Gasteiger partial charge in [-0.3, -0.25) is 4.79 Å². The average molecular weight is 408 g/mol. The molecule has 5 nitrogen and oxygen atoms in total. The highest BCUT2D eigenvalue weighted by molar-refractivity contribution is 6.32. The summed E-state index contributed by atoms with van der Waals surface area (Å²) in [6.07, 6.45) is 1.94. The number of fused-ring (bicyclic) bond motifs is 2. The molecule has 5 rings (SSSR count). The van der Waals surface area contributed by atoms with Crippen molar-refractivity contribution >= 4 is 39.3 Å². The zero-order valence-electron chi connectivity index (χ0n) is 16.1. The second-order valence-electron chi connectivity index (χ2n) is 8.08. The third-order valence-corrected chi connectivity index (χ3v) is 5.98. The second-order valence-corrected chi connectivity index (χ2v) is 8.49. The first kappa shape index (κ1) is 18.1. The van der Waals surface area contributed by atoms with E-state index in [1.807, 2.05) is 43.3 Å². The molecule has 0 bridgehead atoms. The Kier molecular flexibility index (Phi) is 4.28. The lowest BCUT2D eigenvalue weighted by Crippen LogP contribution is -2.29. The van der Waals surface area contributed by atoms with E-state index in [0.717, 1.165) is 46.0 Å². The lowest BCUT2D eigenvalue weighted by molar-refractivity contribution is -0.125. The van der Waals surface area contributed by atoms with Gasteiger partial charge in [0.15, 0.2) is 0 Å². The Bertz CT molecular complexity index is 1190. The molecule has 2 heterocycles. The maximum atomic E-state index is 12.1. The standard InChI is InChI=1S/C23H22ClN3O2/c1-23(6-7-23)22(28)25-12-16-9-15-10-18(24)21(11-20(15)26-16)29-13-17-8-14-4-2-3-5-19(14)27-17/h2-5,8-11,26-27H,6-7,12-13H2,1H3,(H,25,28). The Morgan fingerprint density at radius 3 is 2.62 bits per heavy atom. The second kappa shape index (κ2) is 6.85. The first-order valence-corrected chi connectivity index (χ1v) is 10.2. The minimum atomic E-state index is -0.168. The van der Waals surface area contributed by atoms with Crippen molar-refractivity contribution in [3.8, 4) is 5.75 Å². The normalized spacial score (nSPS) is 15.0. The van der Waals surface area contributed by atoms with Gasteiger partial charge in [-0.1, -0.05) is 36.7 Å². The van der Waals surface area contributed by atoms with E-state index >= 15 is 0 Å². The van der Waals surface area contributed by atoms with Gasteiger partial charge >= 0.3 is 0 Å². The van der Waals surface area contributed by atoms with Crippen molar-refractivity contribution in [3.05, 3.63) is 64.9 Å². The Morgan fingerprint density at radius 2 is 1.83 bits per heavy atom. The van der Waals surface area contributed by atoms with Crippen LogP contribution in [0.2, 0.25) is 5.02 Å². The van der Waals surface area contributed by atoms with E-state index in [1.54, 1.807) is 0 Å². The van der Waals surface area contributed by atoms with Crippen molar-refractivity contribution in [1.82, 2.24) is 15.3 Å². The number of hydrogen-bond acceptors (Lipinski definition) is 2. The van der Waals surface area contributed by atoms with E-state index in [1.165, 1.54) is 0 Å². The fourth-order valence-electron chi connectivity index (χ4n) is 3.57. The van der Waals surface area contributed by atoms with Crippen LogP contribution in [-0.2, 0) is 17.9 Å². The molecule has 2 aromatic heterocycles. The molecule has 29 heavy (non-hydrogen) atoms. The number of amides is 1. The van der Waals surface area contributed by atoms with Crippen LogP contribution >= 0.6 is 11.6 Å². The fraction of sp³-hybridized carbons (Fsp3) is 0.261. The number of aromatic amines is 2. The predicted octanol–water partition coefficient (Wildman–Crippen LogP) is 5.30. The van der Waals surface area contributed by atoms with Crippen LogP contribution in [0.4, 0.5) is 0 Å². The lowest BCUT2D eigenvalue weighted by atomic mass is 10.1. The molecule has 2 aromatic carbocycles. The predicted molar refractivity (Wildman–Crippen MR) is 115 cm³/mol. The molecule has 6 heteroatoms. The van der Waals surface area contributed by atoms with E-state index in [2.05, 4.69) is 27.4 Å². The Labute approximate surface area is 173 Å². The third kappa shape index (κ3) is 3.58. The first-order valence-electron chi connectivity index (χ1n) is 9.79. The van der Waals surface area contributed by atoms with Crippen molar-refractivity contribution in [2.75, 3.05) is 0 Å². The zero-order chi connectivity index (χ0) is 20.0. The van der Waals surface area contributed by atoms with Gasteiger partial charge in [-0.2, -0.15) is 0 Å². The maximum Gasteiger partial charge on any atom is 0.226 e. The van der Waals surface area contributed by atoms with Crippen LogP contribution < -0.4 is 10.1 Å². The molecule has 1 saturated carbocycles. The van der Waals surface area contributed by atoms with Gasteiger partial charge in [0.25, 0.3) is 0 Å². The van der Waals surface area contributed by atoms with Crippen molar-refractivity contribution in [2.45, 2.75) is 32.9 Å². The number of benzene rings is 2. The van der Waals surface area contributed by atoms with Gasteiger partial charge in [0, 0.05) is 33.6 Å². The van der Waals surface area contributed by atoms with Gasteiger partial charge in [0.05, 0.1) is 17.3 Å². The summed E-state index contributed by atoms with van der Waals surface area (Å²) in [4.78, 5) is 18.8. The van der Waals surface area contributed by atoms with Gasteiger partial charge in [0.1, 0.15) is 12.4 Å². The smallest absolute Gasteiger partial charge is 0.226 e. The third-order valence-electron chi connectivity index (χ3n) is 5.69. The van der Waals surface area contributed by atoms with Crippen molar-refractivity contribution < 1.29 is 9.53 Å². The molecule has 0 saturated heterocycles.